The van der Waals surface area contributed by atoms with Gasteiger partial charge in [0.15, 0.2) is 0 Å². The van der Waals surface area contributed by atoms with Crippen LogP contribution in [0.3, 0.4) is 0 Å². The number of pyridine rings is 1. The molecule has 0 saturated carbocycles. The number of aromatic hydroxyl groups is 1. The van der Waals surface area contributed by atoms with Crippen LogP contribution in [0.1, 0.15) is 21.5 Å². The summed E-state index contributed by atoms with van der Waals surface area (Å²) in [5, 5.41) is 14.0. The number of phenolic OH excluding ortho intramolecular Hbond substituents is 1. The third kappa shape index (κ3) is 3.47. The van der Waals surface area contributed by atoms with Gasteiger partial charge in [-0.25, -0.2) is 5.43 Å². The van der Waals surface area contributed by atoms with Gasteiger partial charge in [-0.05, 0) is 24.3 Å². The molecule has 118 valence electrons. The van der Waals surface area contributed by atoms with Crippen LogP contribution in [0.4, 0.5) is 0 Å². The molecule has 24 heavy (non-hydrogen) atoms. The Labute approximate surface area is 139 Å². The first-order valence-corrected chi connectivity index (χ1v) is 7.37. The van der Waals surface area contributed by atoms with Gasteiger partial charge in [-0.1, -0.05) is 42.5 Å². The van der Waals surface area contributed by atoms with Gasteiger partial charge in [-0.3, -0.25) is 9.78 Å². The van der Waals surface area contributed by atoms with Crippen molar-refractivity contribution in [1.82, 2.24) is 10.4 Å². The molecule has 1 heterocycles. The second-order valence-corrected chi connectivity index (χ2v) is 5.03. The number of phenols is 1. The summed E-state index contributed by atoms with van der Waals surface area (Å²) >= 11 is 0. The van der Waals surface area contributed by atoms with E-state index in [4.69, 9.17) is 0 Å². The number of benzene rings is 2. The monoisotopic (exact) mass is 317 g/mol. The lowest BCUT2D eigenvalue weighted by Gasteiger charge is -2.08. The highest BCUT2D eigenvalue weighted by atomic mass is 16.3. The number of carbonyl (C=O) groups is 1. The van der Waals surface area contributed by atoms with Gasteiger partial charge in [0.2, 0.25) is 0 Å². The minimum atomic E-state index is -0.481. The molecule has 5 nitrogen and oxygen atoms in total. The summed E-state index contributed by atoms with van der Waals surface area (Å²) in [5.41, 5.74) is 4.88. The third-order valence-corrected chi connectivity index (χ3v) is 3.40. The fourth-order valence-electron chi connectivity index (χ4n) is 2.23. The zero-order valence-electron chi connectivity index (χ0n) is 12.8. The van der Waals surface area contributed by atoms with E-state index in [0.717, 1.165) is 11.1 Å². The van der Waals surface area contributed by atoms with Crippen LogP contribution in [0.15, 0.2) is 84.2 Å². The molecule has 1 amide bonds. The number of hydrazone groups is 1. The van der Waals surface area contributed by atoms with E-state index in [-0.39, 0.29) is 11.3 Å². The lowest BCUT2D eigenvalue weighted by Crippen LogP contribution is -2.20. The molecule has 0 aliphatic carbocycles. The minimum Gasteiger partial charge on any atom is -0.507 e. The average molecular weight is 317 g/mol. The molecule has 0 fully saturated rings. The topological polar surface area (TPSA) is 74.6 Å². The van der Waals surface area contributed by atoms with Crippen LogP contribution in [-0.4, -0.2) is 21.7 Å². The van der Waals surface area contributed by atoms with E-state index in [9.17, 15) is 9.90 Å². The lowest BCUT2D eigenvalue weighted by molar-refractivity contribution is 0.0952. The summed E-state index contributed by atoms with van der Waals surface area (Å²) < 4.78 is 0. The van der Waals surface area contributed by atoms with Gasteiger partial charge in [-0.2, -0.15) is 5.10 Å². The summed E-state index contributed by atoms with van der Waals surface area (Å²) in [4.78, 5) is 16.3. The van der Waals surface area contributed by atoms with Crippen LogP contribution >= 0.6 is 0 Å². The van der Waals surface area contributed by atoms with Crippen LogP contribution in [0.2, 0.25) is 0 Å². The van der Waals surface area contributed by atoms with Crippen molar-refractivity contribution >= 4 is 11.6 Å². The zero-order chi connectivity index (χ0) is 16.8. The fraction of sp³-hybridized carbons (Fsp3) is 0. The maximum absolute atomic E-state index is 12.2. The van der Waals surface area contributed by atoms with Crippen molar-refractivity contribution in [3.05, 3.63) is 95.8 Å². The maximum Gasteiger partial charge on any atom is 0.275 e. The van der Waals surface area contributed by atoms with E-state index < -0.39 is 5.91 Å². The number of para-hydroxylation sites is 1. The minimum absolute atomic E-state index is 0.0900. The lowest BCUT2D eigenvalue weighted by atomic mass is 10.0. The predicted molar refractivity (Wildman–Crippen MR) is 91.9 cm³/mol. The number of amides is 1. The van der Waals surface area contributed by atoms with E-state index >= 15 is 0 Å². The molecule has 3 aromatic rings. The summed E-state index contributed by atoms with van der Waals surface area (Å²) in [6.45, 7) is 0. The first kappa shape index (κ1) is 15.4. The zero-order valence-corrected chi connectivity index (χ0v) is 12.8. The van der Waals surface area contributed by atoms with Crippen LogP contribution in [0.5, 0.6) is 5.75 Å². The average Bonchev–Trinajstić information content (AvgIpc) is 2.64. The molecule has 3 rings (SSSR count). The van der Waals surface area contributed by atoms with Gasteiger partial charge in [-0.15, -0.1) is 0 Å². The molecule has 0 bridgehead atoms. The Morgan fingerprint density at radius 1 is 0.917 bits per heavy atom. The SMILES string of the molecule is O=C(N/N=C(\c1ccccc1)c1cccnc1)c1ccccc1O. The van der Waals surface area contributed by atoms with Crippen molar-refractivity contribution < 1.29 is 9.90 Å². The molecule has 2 N–H and O–H groups in total. The Morgan fingerprint density at radius 2 is 1.62 bits per heavy atom. The second-order valence-electron chi connectivity index (χ2n) is 5.03. The van der Waals surface area contributed by atoms with Gasteiger partial charge in [0.25, 0.3) is 5.91 Å². The molecule has 0 aliphatic heterocycles. The Bertz CT molecular complexity index is 821. The predicted octanol–water partition coefficient (Wildman–Crippen LogP) is 2.97. The van der Waals surface area contributed by atoms with E-state index in [1.807, 2.05) is 36.4 Å². The van der Waals surface area contributed by atoms with E-state index in [1.165, 1.54) is 12.1 Å². The Morgan fingerprint density at radius 3 is 2.33 bits per heavy atom. The van der Waals surface area contributed by atoms with Crippen molar-refractivity contribution in [2.45, 2.75) is 0 Å². The number of nitrogens with zero attached hydrogens (tertiary/aromatic N) is 2. The van der Waals surface area contributed by atoms with Crippen LogP contribution in [0.25, 0.3) is 0 Å². The highest BCUT2D eigenvalue weighted by molar-refractivity contribution is 6.13. The molecule has 5 heteroatoms. The Balaban J connectivity index is 1.93. The summed E-state index contributed by atoms with van der Waals surface area (Å²) in [7, 11) is 0. The molecule has 0 unspecified atom stereocenters. The van der Waals surface area contributed by atoms with Gasteiger partial charge in [0, 0.05) is 23.5 Å². The fourth-order valence-corrected chi connectivity index (χ4v) is 2.23. The summed E-state index contributed by atoms with van der Waals surface area (Å²) in [6, 6.07) is 19.5. The van der Waals surface area contributed by atoms with Gasteiger partial charge in [0.1, 0.15) is 5.75 Å². The van der Waals surface area contributed by atoms with Crippen LogP contribution in [0, 0.1) is 0 Å². The van der Waals surface area contributed by atoms with Crippen LogP contribution in [-0.2, 0) is 0 Å². The number of carbonyl (C=O) groups excluding carboxylic acids is 1. The summed E-state index contributed by atoms with van der Waals surface area (Å²) in [5.74, 6) is -0.571. The maximum atomic E-state index is 12.2. The van der Waals surface area contributed by atoms with E-state index in [2.05, 4.69) is 15.5 Å². The molecular formula is C19H15N3O2. The van der Waals surface area contributed by atoms with E-state index in [1.54, 1.807) is 30.6 Å². The largest absolute Gasteiger partial charge is 0.507 e. The van der Waals surface area contributed by atoms with Gasteiger partial charge in [0.05, 0.1) is 11.3 Å². The standard InChI is InChI=1S/C19H15N3O2/c23-17-11-5-4-10-16(17)19(24)22-21-18(14-7-2-1-3-8-14)15-9-6-12-20-13-15/h1-13,23H,(H,22,24)/b21-18+. The van der Waals surface area contributed by atoms with Crippen molar-refractivity contribution in [3.8, 4) is 5.75 Å². The second kappa shape index (κ2) is 7.19. The third-order valence-electron chi connectivity index (χ3n) is 3.40. The normalized spacial score (nSPS) is 11.1. The number of nitrogens with one attached hydrogen (secondary N) is 1. The summed E-state index contributed by atoms with van der Waals surface area (Å²) in [6.07, 6.45) is 3.35. The Kier molecular flexibility index (Phi) is 4.62. The number of rotatable bonds is 4. The molecule has 0 spiro atoms. The molecular weight excluding hydrogens is 302 g/mol. The number of aromatic nitrogens is 1. The number of hydrogen-bond donors (Lipinski definition) is 2. The van der Waals surface area contributed by atoms with Crippen molar-refractivity contribution in [2.75, 3.05) is 0 Å². The Hall–Kier alpha value is -3.47. The highest BCUT2D eigenvalue weighted by Gasteiger charge is 2.11. The molecule has 0 atom stereocenters. The van der Waals surface area contributed by atoms with Crippen molar-refractivity contribution in [1.29, 1.82) is 0 Å². The molecule has 1 aromatic heterocycles. The van der Waals surface area contributed by atoms with Gasteiger partial charge >= 0.3 is 0 Å². The number of hydrogen-bond acceptors (Lipinski definition) is 4. The van der Waals surface area contributed by atoms with Crippen molar-refractivity contribution in [2.24, 2.45) is 5.10 Å². The first-order chi connectivity index (χ1) is 11.8. The highest BCUT2D eigenvalue weighted by Crippen LogP contribution is 2.15. The van der Waals surface area contributed by atoms with Crippen molar-refractivity contribution in [3.63, 3.8) is 0 Å². The molecule has 0 aliphatic rings. The molecule has 2 aromatic carbocycles. The smallest absolute Gasteiger partial charge is 0.275 e. The molecule has 0 saturated heterocycles. The van der Waals surface area contributed by atoms with E-state index in [0.29, 0.717) is 5.71 Å². The quantitative estimate of drug-likeness (QED) is 0.574. The van der Waals surface area contributed by atoms with Gasteiger partial charge < -0.3 is 5.11 Å². The first-order valence-electron chi connectivity index (χ1n) is 7.37. The van der Waals surface area contributed by atoms with Crippen LogP contribution < -0.4 is 5.43 Å². The molecule has 0 radical (unpaired) electrons.